The first-order valence-corrected chi connectivity index (χ1v) is 9.38. The van der Waals surface area contributed by atoms with E-state index < -0.39 is 0 Å². The van der Waals surface area contributed by atoms with Gasteiger partial charge in [0.25, 0.3) is 0 Å². The molecule has 0 aliphatic carbocycles. The molecule has 148 valence electrons. The number of benzene rings is 1. The molecule has 1 aromatic carbocycles. The number of carbonyl (C=O) groups excluding carboxylic acids is 2. The van der Waals surface area contributed by atoms with Gasteiger partial charge in [-0.2, -0.15) is 0 Å². The first-order valence-electron chi connectivity index (χ1n) is 9.38. The van der Waals surface area contributed by atoms with Crippen LogP contribution < -0.4 is 5.32 Å². The number of halogens is 1. The molecule has 0 aromatic heterocycles. The number of ether oxygens (including phenoxy) is 1. The van der Waals surface area contributed by atoms with E-state index in [1.54, 1.807) is 13.0 Å². The molecule has 2 fully saturated rings. The maximum absolute atomic E-state index is 13.5. The van der Waals surface area contributed by atoms with Gasteiger partial charge < -0.3 is 19.9 Å². The Morgan fingerprint density at radius 1 is 1.07 bits per heavy atom. The molecule has 2 aliphatic rings. The molecule has 0 spiro atoms. The summed E-state index contributed by atoms with van der Waals surface area (Å²) in [6.45, 7) is 7.35. The molecule has 3 amide bonds. The highest BCUT2D eigenvalue weighted by molar-refractivity contribution is 5.78. The fourth-order valence-corrected chi connectivity index (χ4v) is 3.26. The third-order valence-electron chi connectivity index (χ3n) is 5.02. The molecule has 0 saturated carbocycles. The molecular weight excluding hydrogens is 351 g/mol. The Morgan fingerprint density at radius 2 is 1.74 bits per heavy atom. The van der Waals surface area contributed by atoms with Crippen molar-refractivity contribution >= 4 is 11.9 Å². The molecule has 0 radical (unpaired) electrons. The van der Waals surface area contributed by atoms with Crippen molar-refractivity contribution in [3.05, 3.63) is 35.1 Å². The van der Waals surface area contributed by atoms with E-state index in [1.165, 1.54) is 6.07 Å². The summed E-state index contributed by atoms with van der Waals surface area (Å²) in [6.07, 6.45) is 0. The molecule has 7 nitrogen and oxygen atoms in total. The van der Waals surface area contributed by atoms with Crippen molar-refractivity contribution in [2.45, 2.75) is 13.5 Å². The topological polar surface area (TPSA) is 65.1 Å². The first-order chi connectivity index (χ1) is 13.0. The predicted octanol–water partition coefficient (Wildman–Crippen LogP) is 0.820. The smallest absolute Gasteiger partial charge is 0.320 e. The predicted molar refractivity (Wildman–Crippen MR) is 98.8 cm³/mol. The van der Waals surface area contributed by atoms with E-state index in [9.17, 15) is 14.0 Å². The summed E-state index contributed by atoms with van der Waals surface area (Å²) in [5.41, 5.74) is 1.34. The van der Waals surface area contributed by atoms with Crippen LogP contribution in [-0.4, -0.2) is 85.7 Å². The summed E-state index contributed by atoms with van der Waals surface area (Å²) in [7, 11) is 0. The van der Waals surface area contributed by atoms with Crippen LogP contribution >= 0.6 is 0 Å². The van der Waals surface area contributed by atoms with E-state index in [0.29, 0.717) is 64.6 Å². The number of aryl methyl sites for hydroxylation is 1. The Balaban J connectivity index is 1.38. The number of rotatable bonds is 4. The zero-order valence-corrected chi connectivity index (χ0v) is 15.7. The monoisotopic (exact) mass is 378 g/mol. The van der Waals surface area contributed by atoms with Crippen molar-refractivity contribution in [3.8, 4) is 0 Å². The summed E-state index contributed by atoms with van der Waals surface area (Å²) >= 11 is 0. The van der Waals surface area contributed by atoms with Crippen LogP contribution in [0.3, 0.4) is 0 Å². The third kappa shape index (κ3) is 5.40. The normalized spacial score (nSPS) is 18.4. The summed E-state index contributed by atoms with van der Waals surface area (Å²) in [4.78, 5) is 30.3. The molecule has 0 bridgehead atoms. The van der Waals surface area contributed by atoms with Gasteiger partial charge in [0, 0.05) is 45.8 Å². The first kappa shape index (κ1) is 19.6. The van der Waals surface area contributed by atoms with Gasteiger partial charge in [0.05, 0.1) is 19.8 Å². The number of nitrogens with zero attached hydrogens (tertiary/aromatic N) is 3. The summed E-state index contributed by atoms with van der Waals surface area (Å²) in [5, 5.41) is 2.83. The summed E-state index contributed by atoms with van der Waals surface area (Å²) in [6, 6.07) is 5.03. The zero-order chi connectivity index (χ0) is 19.2. The van der Waals surface area contributed by atoms with Gasteiger partial charge in [-0.25, -0.2) is 9.18 Å². The van der Waals surface area contributed by atoms with E-state index >= 15 is 0 Å². The summed E-state index contributed by atoms with van der Waals surface area (Å²) in [5.74, 6) is -0.355. The van der Waals surface area contributed by atoms with Gasteiger partial charge in [-0.05, 0) is 24.1 Å². The number of piperazine rings is 1. The number of urea groups is 1. The Hall–Kier alpha value is -2.19. The molecule has 0 atom stereocenters. The molecule has 2 saturated heterocycles. The number of carbonyl (C=O) groups is 2. The van der Waals surface area contributed by atoms with Gasteiger partial charge in [-0.15, -0.1) is 0 Å². The highest BCUT2D eigenvalue weighted by atomic mass is 19.1. The van der Waals surface area contributed by atoms with Crippen molar-refractivity contribution in [1.82, 2.24) is 20.0 Å². The fourth-order valence-electron chi connectivity index (χ4n) is 3.26. The maximum Gasteiger partial charge on any atom is 0.320 e. The van der Waals surface area contributed by atoms with Crippen LogP contribution in [0.15, 0.2) is 18.2 Å². The second kappa shape index (κ2) is 9.14. The van der Waals surface area contributed by atoms with E-state index in [2.05, 4.69) is 5.32 Å². The van der Waals surface area contributed by atoms with E-state index in [0.717, 1.165) is 5.56 Å². The number of morpholine rings is 1. The zero-order valence-electron chi connectivity index (χ0n) is 15.7. The average Bonchev–Trinajstić information content (AvgIpc) is 2.69. The highest BCUT2D eigenvalue weighted by Gasteiger charge is 2.26. The van der Waals surface area contributed by atoms with Crippen LogP contribution in [0.2, 0.25) is 0 Å². The van der Waals surface area contributed by atoms with Gasteiger partial charge in [-0.3, -0.25) is 9.69 Å². The standard InChI is InChI=1S/C19H27FN4O3/c1-15-2-3-16(12-17(15)20)13-21-18(25)14-22-4-6-23(7-5-22)19(26)24-8-10-27-11-9-24/h2-3,12H,4-11,13-14H2,1H3,(H,21,25). The number of nitrogens with one attached hydrogen (secondary N) is 1. The van der Waals surface area contributed by atoms with Crippen LogP contribution in [-0.2, 0) is 16.1 Å². The minimum atomic E-state index is -0.261. The molecule has 3 rings (SSSR count). The van der Waals surface area contributed by atoms with E-state index in [-0.39, 0.29) is 24.3 Å². The number of hydrogen-bond acceptors (Lipinski definition) is 4. The molecule has 1 aromatic rings. The van der Waals surface area contributed by atoms with E-state index in [1.807, 2.05) is 20.8 Å². The van der Waals surface area contributed by atoms with Gasteiger partial charge in [0.1, 0.15) is 5.82 Å². The van der Waals surface area contributed by atoms with Gasteiger partial charge >= 0.3 is 6.03 Å². The molecular formula is C19H27FN4O3. The van der Waals surface area contributed by atoms with Crippen LogP contribution in [0.25, 0.3) is 0 Å². The molecule has 1 N–H and O–H groups in total. The second-order valence-corrected chi connectivity index (χ2v) is 7.01. The lowest BCUT2D eigenvalue weighted by Crippen LogP contribution is -2.55. The number of hydrogen-bond donors (Lipinski definition) is 1. The lowest BCUT2D eigenvalue weighted by Gasteiger charge is -2.38. The van der Waals surface area contributed by atoms with Gasteiger partial charge in [0.15, 0.2) is 0 Å². The third-order valence-corrected chi connectivity index (χ3v) is 5.02. The van der Waals surface area contributed by atoms with Gasteiger partial charge in [0.2, 0.25) is 5.91 Å². The van der Waals surface area contributed by atoms with Gasteiger partial charge in [-0.1, -0.05) is 12.1 Å². The Kier molecular flexibility index (Phi) is 6.63. The lowest BCUT2D eigenvalue weighted by atomic mass is 10.1. The van der Waals surface area contributed by atoms with Crippen LogP contribution in [0, 0.1) is 12.7 Å². The fraction of sp³-hybridized carbons (Fsp3) is 0.579. The molecule has 2 aliphatic heterocycles. The largest absolute Gasteiger partial charge is 0.378 e. The van der Waals surface area contributed by atoms with Crippen molar-refractivity contribution in [2.24, 2.45) is 0 Å². The molecule has 27 heavy (non-hydrogen) atoms. The van der Waals surface area contributed by atoms with Crippen LogP contribution in [0.5, 0.6) is 0 Å². The quantitative estimate of drug-likeness (QED) is 0.843. The van der Waals surface area contributed by atoms with Crippen LogP contribution in [0.4, 0.5) is 9.18 Å². The SMILES string of the molecule is Cc1ccc(CNC(=O)CN2CCN(C(=O)N3CCOCC3)CC2)cc1F. The minimum Gasteiger partial charge on any atom is -0.378 e. The van der Waals surface area contributed by atoms with Crippen LogP contribution in [0.1, 0.15) is 11.1 Å². The average molecular weight is 378 g/mol. The second-order valence-electron chi connectivity index (χ2n) is 7.01. The molecule has 2 heterocycles. The van der Waals surface area contributed by atoms with Crippen molar-refractivity contribution in [1.29, 1.82) is 0 Å². The highest BCUT2D eigenvalue weighted by Crippen LogP contribution is 2.10. The van der Waals surface area contributed by atoms with E-state index in [4.69, 9.17) is 4.74 Å². The lowest BCUT2D eigenvalue weighted by molar-refractivity contribution is -0.122. The maximum atomic E-state index is 13.5. The van der Waals surface area contributed by atoms with Crippen molar-refractivity contribution in [3.63, 3.8) is 0 Å². The summed E-state index contributed by atoms with van der Waals surface area (Å²) < 4.78 is 18.8. The Labute approximate surface area is 159 Å². The molecule has 8 heteroatoms. The Bertz CT molecular complexity index is 671. The molecule has 0 unspecified atom stereocenters. The minimum absolute atomic E-state index is 0.0591. The van der Waals surface area contributed by atoms with Crippen molar-refractivity contribution in [2.75, 3.05) is 59.0 Å². The number of amides is 3. The Morgan fingerprint density at radius 3 is 2.41 bits per heavy atom. The van der Waals surface area contributed by atoms with Crippen molar-refractivity contribution < 1.29 is 18.7 Å².